The first-order valence-electron chi connectivity index (χ1n) is 8.52. The molecule has 1 aromatic carbocycles. The molecule has 0 aliphatic rings. The summed E-state index contributed by atoms with van der Waals surface area (Å²) in [6, 6.07) is 11.0. The molecular weight excluding hydrogens is 284 g/mol. The SMILES string of the molecule is CCC(C)c1ccc(OCCNC(C)C)cc1-c1cccnc1. The van der Waals surface area contributed by atoms with Gasteiger partial charge in [0, 0.05) is 30.5 Å². The van der Waals surface area contributed by atoms with E-state index in [1.807, 2.05) is 18.5 Å². The van der Waals surface area contributed by atoms with Gasteiger partial charge in [-0.2, -0.15) is 0 Å². The molecule has 23 heavy (non-hydrogen) atoms. The van der Waals surface area contributed by atoms with Gasteiger partial charge in [0.05, 0.1) is 0 Å². The summed E-state index contributed by atoms with van der Waals surface area (Å²) < 4.78 is 5.90. The molecule has 1 aromatic heterocycles. The van der Waals surface area contributed by atoms with E-state index in [2.05, 4.69) is 62.3 Å². The van der Waals surface area contributed by atoms with Crippen molar-refractivity contribution in [2.24, 2.45) is 0 Å². The van der Waals surface area contributed by atoms with Gasteiger partial charge in [0.2, 0.25) is 0 Å². The molecule has 3 nitrogen and oxygen atoms in total. The molecule has 0 saturated carbocycles. The Balaban J connectivity index is 2.20. The van der Waals surface area contributed by atoms with Gasteiger partial charge < -0.3 is 10.1 Å². The lowest BCUT2D eigenvalue weighted by Crippen LogP contribution is -2.27. The van der Waals surface area contributed by atoms with Crippen LogP contribution in [0, 0.1) is 0 Å². The fourth-order valence-electron chi connectivity index (χ4n) is 2.56. The number of rotatable bonds is 8. The van der Waals surface area contributed by atoms with Crippen molar-refractivity contribution in [1.82, 2.24) is 10.3 Å². The molecule has 1 heterocycles. The topological polar surface area (TPSA) is 34.1 Å². The van der Waals surface area contributed by atoms with E-state index in [0.29, 0.717) is 18.6 Å². The van der Waals surface area contributed by atoms with Crippen LogP contribution in [0.2, 0.25) is 0 Å². The summed E-state index contributed by atoms with van der Waals surface area (Å²) in [4.78, 5) is 4.26. The minimum absolute atomic E-state index is 0.484. The minimum Gasteiger partial charge on any atom is -0.492 e. The van der Waals surface area contributed by atoms with Crippen LogP contribution >= 0.6 is 0 Å². The van der Waals surface area contributed by atoms with Gasteiger partial charge in [-0.05, 0) is 41.7 Å². The van der Waals surface area contributed by atoms with Crippen molar-refractivity contribution in [1.29, 1.82) is 0 Å². The maximum absolute atomic E-state index is 5.90. The Hall–Kier alpha value is -1.87. The zero-order valence-electron chi connectivity index (χ0n) is 14.7. The van der Waals surface area contributed by atoms with Crippen molar-refractivity contribution in [3.05, 3.63) is 48.3 Å². The van der Waals surface area contributed by atoms with E-state index >= 15 is 0 Å². The summed E-state index contributed by atoms with van der Waals surface area (Å²) >= 11 is 0. The van der Waals surface area contributed by atoms with E-state index in [4.69, 9.17) is 4.74 Å². The molecular formula is C20H28N2O. The van der Waals surface area contributed by atoms with E-state index < -0.39 is 0 Å². The highest BCUT2D eigenvalue weighted by Crippen LogP contribution is 2.33. The van der Waals surface area contributed by atoms with Crippen LogP contribution in [0.5, 0.6) is 5.75 Å². The van der Waals surface area contributed by atoms with E-state index in [1.54, 1.807) is 0 Å². The molecule has 0 bridgehead atoms. The Labute approximate surface area is 140 Å². The van der Waals surface area contributed by atoms with E-state index in [1.165, 1.54) is 11.1 Å². The number of benzene rings is 1. The Morgan fingerprint density at radius 3 is 2.65 bits per heavy atom. The molecule has 2 aromatic rings. The van der Waals surface area contributed by atoms with Crippen LogP contribution in [0.25, 0.3) is 11.1 Å². The zero-order chi connectivity index (χ0) is 16.7. The van der Waals surface area contributed by atoms with Gasteiger partial charge in [0.25, 0.3) is 0 Å². The van der Waals surface area contributed by atoms with Crippen molar-refractivity contribution in [2.75, 3.05) is 13.2 Å². The van der Waals surface area contributed by atoms with Crippen molar-refractivity contribution < 1.29 is 4.74 Å². The van der Waals surface area contributed by atoms with Gasteiger partial charge in [0.1, 0.15) is 12.4 Å². The van der Waals surface area contributed by atoms with E-state index in [-0.39, 0.29) is 0 Å². The molecule has 2 rings (SSSR count). The number of ether oxygens (including phenoxy) is 1. The van der Waals surface area contributed by atoms with Gasteiger partial charge in [-0.25, -0.2) is 0 Å². The maximum Gasteiger partial charge on any atom is 0.120 e. The largest absolute Gasteiger partial charge is 0.492 e. The van der Waals surface area contributed by atoms with Gasteiger partial charge >= 0.3 is 0 Å². The summed E-state index contributed by atoms with van der Waals surface area (Å²) in [5, 5.41) is 3.37. The first kappa shape index (κ1) is 17.5. The number of nitrogens with one attached hydrogen (secondary N) is 1. The smallest absolute Gasteiger partial charge is 0.120 e. The van der Waals surface area contributed by atoms with E-state index in [0.717, 1.165) is 24.3 Å². The van der Waals surface area contributed by atoms with Crippen LogP contribution in [0.1, 0.15) is 45.6 Å². The maximum atomic E-state index is 5.90. The van der Waals surface area contributed by atoms with Crippen molar-refractivity contribution in [3.63, 3.8) is 0 Å². The average molecular weight is 312 g/mol. The highest BCUT2D eigenvalue weighted by molar-refractivity contribution is 5.69. The number of hydrogen-bond acceptors (Lipinski definition) is 3. The Morgan fingerprint density at radius 1 is 1.17 bits per heavy atom. The molecule has 0 spiro atoms. The fraction of sp³-hybridized carbons (Fsp3) is 0.450. The quantitative estimate of drug-likeness (QED) is 0.721. The van der Waals surface area contributed by atoms with Crippen molar-refractivity contribution in [3.8, 4) is 16.9 Å². The normalized spacial score (nSPS) is 12.4. The molecule has 124 valence electrons. The molecule has 1 atom stereocenters. The molecule has 3 heteroatoms. The molecule has 0 radical (unpaired) electrons. The lowest BCUT2D eigenvalue weighted by Gasteiger charge is -2.17. The standard InChI is InChI=1S/C20H28N2O/c1-5-16(4)19-9-8-18(23-12-11-22-15(2)3)13-20(19)17-7-6-10-21-14-17/h6-10,13-16,22H,5,11-12H2,1-4H3. The molecule has 0 saturated heterocycles. The van der Waals surface area contributed by atoms with Gasteiger partial charge in [-0.1, -0.05) is 39.8 Å². The molecule has 0 aliphatic heterocycles. The number of aromatic nitrogens is 1. The second kappa shape index (κ2) is 8.68. The zero-order valence-corrected chi connectivity index (χ0v) is 14.7. The monoisotopic (exact) mass is 312 g/mol. The van der Waals surface area contributed by atoms with Crippen LogP contribution in [-0.4, -0.2) is 24.2 Å². The Kier molecular flexibility index (Phi) is 6.60. The number of nitrogens with zero attached hydrogens (tertiary/aromatic N) is 1. The third kappa shape index (κ3) is 5.07. The van der Waals surface area contributed by atoms with Crippen LogP contribution < -0.4 is 10.1 Å². The Bertz CT molecular complexity index is 596. The fourth-order valence-corrected chi connectivity index (χ4v) is 2.56. The summed E-state index contributed by atoms with van der Waals surface area (Å²) in [6.45, 7) is 10.3. The highest BCUT2D eigenvalue weighted by Gasteiger charge is 2.12. The molecule has 0 fully saturated rings. The molecule has 0 amide bonds. The summed E-state index contributed by atoms with van der Waals surface area (Å²) in [5.41, 5.74) is 3.73. The minimum atomic E-state index is 0.484. The second-order valence-electron chi connectivity index (χ2n) is 6.26. The van der Waals surface area contributed by atoms with Gasteiger partial charge in [-0.15, -0.1) is 0 Å². The predicted octanol–water partition coefficient (Wildman–Crippen LogP) is 4.64. The Morgan fingerprint density at radius 2 is 2.00 bits per heavy atom. The van der Waals surface area contributed by atoms with Crippen LogP contribution in [-0.2, 0) is 0 Å². The molecule has 1 N–H and O–H groups in total. The number of hydrogen-bond donors (Lipinski definition) is 1. The van der Waals surface area contributed by atoms with Crippen LogP contribution in [0.4, 0.5) is 0 Å². The first-order valence-corrected chi connectivity index (χ1v) is 8.52. The third-order valence-electron chi connectivity index (χ3n) is 4.06. The lowest BCUT2D eigenvalue weighted by atomic mass is 9.90. The molecule has 1 unspecified atom stereocenters. The second-order valence-corrected chi connectivity index (χ2v) is 6.26. The lowest BCUT2D eigenvalue weighted by molar-refractivity contribution is 0.309. The highest BCUT2D eigenvalue weighted by atomic mass is 16.5. The first-order chi connectivity index (χ1) is 11.1. The van der Waals surface area contributed by atoms with Crippen molar-refractivity contribution >= 4 is 0 Å². The molecule has 0 aliphatic carbocycles. The predicted molar refractivity (Wildman–Crippen MR) is 97.0 cm³/mol. The third-order valence-corrected chi connectivity index (χ3v) is 4.06. The van der Waals surface area contributed by atoms with Crippen LogP contribution in [0.3, 0.4) is 0 Å². The summed E-state index contributed by atoms with van der Waals surface area (Å²) in [5.74, 6) is 1.43. The van der Waals surface area contributed by atoms with Crippen LogP contribution in [0.15, 0.2) is 42.7 Å². The average Bonchev–Trinajstić information content (AvgIpc) is 2.58. The van der Waals surface area contributed by atoms with E-state index in [9.17, 15) is 0 Å². The van der Waals surface area contributed by atoms with Crippen molar-refractivity contribution in [2.45, 2.75) is 46.1 Å². The number of pyridine rings is 1. The van der Waals surface area contributed by atoms with Gasteiger partial charge in [-0.3, -0.25) is 4.98 Å². The summed E-state index contributed by atoms with van der Waals surface area (Å²) in [6.07, 6.45) is 4.85. The van der Waals surface area contributed by atoms with Gasteiger partial charge in [0.15, 0.2) is 0 Å². The summed E-state index contributed by atoms with van der Waals surface area (Å²) in [7, 11) is 0.